The summed E-state index contributed by atoms with van der Waals surface area (Å²) in [6.45, 7) is 3.91. The first-order valence-corrected chi connectivity index (χ1v) is 5.62. The standard InChI is InChI=1S/C14H16N2O/c1-10-8-12(11(2)15)9-16-14(10)17-13-6-4-3-5-7-13/h3-9,11H,15H2,1-2H3. The number of aryl methyl sites for hydroxylation is 1. The number of nitrogens with zero attached hydrogens (tertiary/aromatic N) is 1. The molecule has 0 aliphatic heterocycles. The summed E-state index contributed by atoms with van der Waals surface area (Å²) in [5, 5.41) is 0. The largest absolute Gasteiger partial charge is 0.439 e. The highest BCUT2D eigenvalue weighted by Gasteiger charge is 2.06. The Morgan fingerprint density at radius 3 is 2.53 bits per heavy atom. The van der Waals surface area contributed by atoms with Crippen molar-refractivity contribution in [3.05, 3.63) is 53.7 Å². The zero-order valence-corrected chi connectivity index (χ0v) is 10.1. The van der Waals surface area contributed by atoms with E-state index < -0.39 is 0 Å². The lowest BCUT2D eigenvalue weighted by molar-refractivity contribution is 0.458. The van der Waals surface area contributed by atoms with Gasteiger partial charge in [-0.15, -0.1) is 0 Å². The van der Waals surface area contributed by atoms with Gasteiger partial charge in [-0.3, -0.25) is 0 Å². The van der Waals surface area contributed by atoms with Crippen molar-refractivity contribution in [1.29, 1.82) is 0 Å². The molecule has 3 heteroatoms. The molecule has 1 unspecified atom stereocenters. The molecule has 0 fully saturated rings. The van der Waals surface area contributed by atoms with E-state index in [2.05, 4.69) is 4.98 Å². The SMILES string of the molecule is Cc1cc(C(C)N)cnc1Oc1ccccc1. The molecule has 0 spiro atoms. The first-order valence-electron chi connectivity index (χ1n) is 5.62. The van der Waals surface area contributed by atoms with Crippen molar-refractivity contribution in [2.24, 2.45) is 5.73 Å². The predicted octanol–water partition coefficient (Wildman–Crippen LogP) is 3.20. The molecule has 1 heterocycles. The second-order valence-electron chi connectivity index (χ2n) is 4.09. The van der Waals surface area contributed by atoms with Crippen molar-refractivity contribution in [3.8, 4) is 11.6 Å². The van der Waals surface area contributed by atoms with Crippen LogP contribution in [0.3, 0.4) is 0 Å². The number of benzene rings is 1. The van der Waals surface area contributed by atoms with Crippen molar-refractivity contribution >= 4 is 0 Å². The van der Waals surface area contributed by atoms with Crippen LogP contribution in [0.4, 0.5) is 0 Å². The van der Waals surface area contributed by atoms with Crippen LogP contribution < -0.4 is 10.5 Å². The summed E-state index contributed by atoms with van der Waals surface area (Å²) in [5.41, 5.74) is 7.81. The molecule has 0 saturated carbocycles. The van der Waals surface area contributed by atoms with Gasteiger partial charge in [0.25, 0.3) is 0 Å². The number of hydrogen-bond acceptors (Lipinski definition) is 3. The van der Waals surface area contributed by atoms with Crippen LogP contribution in [0.25, 0.3) is 0 Å². The fourth-order valence-corrected chi connectivity index (χ4v) is 1.54. The second-order valence-corrected chi connectivity index (χ2v) is 4.09. The van der Waals surface area contributed by atoms with Crippen LogP contribution in [0, 0.1) is 6.92 Å². The Balaban J connectivity index is 2.23. The number of hydrogen-bond donors (Lipinski definition) is 1. The average molecular weight is 228 g/mol. The molecule has 3 nitrogen and oxygen atoms in total. The smallest absolute Gasteiger partial charge is 0.222 e. The Morgan fingerprint density at radius 1 is 1.24 bits per heavy atom. The van der Waals surface area contributed by atoms with Crippen LogP contribution >= 0.6 is 0 Å². The minimum Gasteiger partial charge on any atom is -0.439 e. The van der Waals surface area contributed by atoms with E-state index >= 15 is 0 Å². The lowest BCUT2D eigenvalue weighted by Crippen LogP contribution is -2.06. The third kappa shape index (κ3) is 2.82. The Kier molecular flexibility index (Phi) is 3.40. The number of nitrogens with two attached hydrogens (primary N) is 1. The maximum atomic E-state index is 5.80. The molecule has 2 rings (SSSR count). The molecule has 0 bridgehead atoms. The van der Waals surface area contributed by atoms with Crippen molar-refractivity contribution < 1.29 is 4.74 Å². The minimum atomic E-state index is -0.00743. The van der Waals surface area contributed by atoms with Crippen molar-refractivity contribution in [1.82, 2.24) is 4.98 Å². The van der Waals surface area contributed by atoms with E-state index in [4.69, 9.17) is 10.5 Å². The Morgan fingerprint density at radius 2 is 1.94 bits per heavy atom. The van der Waals surface area contributed by atoms with E-state index in [-0.39, 0.29) is 6.04 Å². The molecule has 0 saturated heterocycles. The second kappa shape index (κ2) is 4.97. The fraction of sp³-hybridized carbons (Fsp3) is 0.214. The van der Waals surface area contributed by atoms with Gasteiger partial charge in [-0.25, -0.2) is 4.98 Å². The molecular weight excluding hydrogens is 212 g/mol. The van der Waals surface area contributed by atoms with Gasteiger partial charge < -0.3 is 10.5 Å². The molecule has 88 valence electrons. The third-order valence-electron chi connectivity index (χ3n) is 2.53. The first-order chi connectivity index (χ1) is 8.16. The normalized spacial score (nSPS) is 12.2. The van der Waals surface area contributed by atoms with Crippen LogP contribution in [-0.2, 0) is 0 Å². The molecule has 2 N–H and O–H groups in total. The lowest BCUT2D eigenvalue weighted by atomic mass is 10.1. The van der Waals surface area contributed by atoms with Crippen LogP contribution in [0.15, 0.2) is 42.6 Å². The molecular formula is C14H16N2O. The zero-order valence-electron chi connectivity index (χ0n) is 10.1. The quantitative estimate of drug-likeness (QED) is 0.877. The summed E-state index contributed by atoms with van der Waals surface area (Å²) in [6, 6.07) is 11.6. The highest BCUT2D eigenvalue weighted by molar-refractivity contribution is 5.34. The molecule has 0 aliphatic carbocycles. The van der Waals surface area contributed by atoms with Gasteiger partial charge in [0.2, 0.25) is 5.88 Å². The maximum Gasteiger partial charge on any atom is 0.222 e. The Bertz CT molecular complexity index is 495. The summed E-state index contributed by atoms with van der Waals surface area (Å²) >= 11 is 0. The van der Waals surface area contributed by atoms with Crippen molar-refractivity contribution in [3.63, 3.8) is 0 Å². The maximum absolute atomic E-state index is 5.80. The van der Waals surface area contributed by atoms with E-state index in [0.717, 1.165) is 16.9 Å². The first kappa shape index (κ1) is 11.6. The highest BCUT2D eigenvalue weighted by Crippen LogP contribution is 2.24. The summed E-state index contributed by atoms with van der Waals surface area (Å²) in [6.07, 6.45) is 1.76. The van der Waals surface area contributed by atoms with Gasteiger partial charge in [0.05, 0.1) is 0 Å². The topological polar surface area (TPSA) is 48.1 Å². The number of rotatable bonds is 3. The molecule has 0 aliphatic rings. The molecule has 2 aromatic rings. The molecule has 1 atom stereocenters. The van der Waals surface area contributed by atoms with Gasteiger partial charge in [0.15, 0.2) is 0 Å². The van der Waals surface area contributed by atoms with Gasteiger partial charge in [-0.1, -0.05) is 18.2 Å². The van der Waals surface area contributed by atoms with Gasteiger partial charge in [0, 0.05) is 17.8 Å². The van der Waals surface area contributed by atoms with Crippen molar-refractivity contribution in [2.45, 2.75) is 19.9 Å². The van der Waals surface area contributed by atoms with Crippen LogP contribution in [0.2, 0.25) is 0 Å². The Labute approximate surface area is 101 Å². The summed E-state index contributed by atoms with van der Waals surface area (Å²) in [4.78, 5) is 4.29. The number of ether oxygens (including phenoxy) is 1. The van der Waals surface area contributed by atoms with Crippen LogP contribution in [-0.4, -0.2) is 4.98 Å². The third-order valence-corrected chi connectivity index (χ3v) is 2.53. The monoisotopic (exact) mass is 228 g/mol. The van der Waals surface area contributed by atoms with E-state index in [9.17, 15) is 0 Å². The van der Waals surface area contributed by atoms with Crippen LogP contribution in [0.5, 0.6) is 11.6 Å². The summed E-state index contributed by atoms with van der Waals surface area (Å²) in [7, 11) is 0. The van der Waals surface area contributed by atoms with Crippen LogP contribution in [0.1, 0.15) is 24.1 Å². The van der Waals surface area contributed by atoms with E-state index in [1.165, 1.54) is 0 Å². The molecule has 17 heavy (non-hydrogen) atoms. The van der Waals surface area contributed by atoms with Gasteiger partial charge in [-0.2, -0.15) is 0 Å². The van der Waals surface area contributed by atoms with Gasteiger partial charge in [0.1, 0.15) is 5.75 Å². The van der Waals surface area contributed by atoms with E-state index in [1.807, 2.05) is 50.2 Å². The highest BCUT2D eigenvalue weighted by atomic mass is 16.5. The Hall–Kier alpha value is -1.87. The lowest BCUT2D eigenvalue weighted by Gasteiger charge is -2.10. The summed E-state index contributed by atoms with van der Waals surface area (Å²) in [5.74, 6) is 1.41. The minimum absolute atomic E-state index is 0.00743. The number of para-hydroxylation sites is 1. The average Bonchev–Trinajstić information content (AvgIpc) is 2.33. The van der Waals surface area contributed by atoms with E-state index in [0.29, 0.717) is 5.88 Å². The number of pyridine rings is 1. The molecule has 1 aromatic heterocycles. The van der Waals surface area contributed by atoms with Gasteiger partial charge in [-0.05, 0) is 37.6 Å². The molecule has 0 amide bonds. The van der Waals surface area contributed by atoms with E-state index in [1.54, 1.807) is 6.20 Å². The summed E-state index contributed by atoms with van der Waals surface area (Å²) < 4.78 is 5.69. The molecule has 0 radical (unpaired) electrons. The molecule has 1 aromatic carbocycles. The predicted molar refractivity (Wildman–Crippen MR) is 68.1 cm³/mol. The zero-order chi connectivity index (χ0) is 12.3. The fourth-order valence-electron chi connectivity index (χ4n) is 1.54. The number of aromatic nitrogens is 1. The van der Waals surface area contributed by atoms with Gasteiger partial charge >= 0.3 is 0 Å². The van der Waals surface area contributed by atoms with Crippen molar-refractivity contribution in [2.75, 3.05) is 0 Å².